The lowest BCUT2D eigenvalue weighted by Gasteiger charge is -2.23. The third-order valence-corrected chi connectivity index (χ3v) is 5.11. The molecule has 1 saturated carbocycles. The highest BCUT2D eigenvalue weighted by Crippen LogP contribution is 2.17. The van der Waals surface area contributed by atoms with Gasteiger partial charge in [0.2, 0.25) is 5.91 Å². The Hall–Kier alpha value is -1.96. The number of aromatic nitrogens is 3. The van der Waals surface area contributed by atoms with Gasteiger partial charge in [-0.3, -0.25) is 18.7 Å². The summed E-state index contributed by atoms with van der Waals surface area (Å²) in [5.41, 5.74) is -0.166. The Bertz CT molecular complexity index is 858. The van der Waals surface area contributed by atoms with Crippen molar-refractivity contribution < 1.29 is 4.79 Å². The van der Waals surface area contributed by atoms with Crippen LogP contribution in [-0.2, 0) is 11.3 Å². The van der Waals surface area contributed by atoms with E-state index in [1.807, 2.05) is 0 Å². The standard InChI is InChI=1S/C16H22N4O3S/c1-10(2)20-15(22)14-12(9-24-18-14)19(16(20)23)8-13(21)17-11-6-4-3-5-7-11/h9-11H,3-8H2,1-2H3,(H,17,21). The Morgan fingerprint density at radius 3 is 2.71 bits per heavy atom. The number of nitrogens with one attached hydrogen (secondary N) is 1. The Kier molecular flexibility index (Phi) is 4.84. The first-order valence-corrected chi connectivity index (χ1v) is 9.21. The summed E-state index contributed by atoms with van der Waals surface area (Å²) in [5, 5.41) is 4.66. The molecule has 0 radical (unpaired) electrons. The first kappa shape index (κ1) is 16.9. The van der Waals surface area contributed by atoms with Crippen LogP contribution in [0.15, 0.2) is 15.0 Å². The summed E-state index contributed by atoms with van der Waals surface area (Å²) in [6, 6.07) is -0.0993. The Morgan fingerprint density at radius 1 is 1.33 bits per heavy atom. The molecule has 24 heavy (non-hydrogen) atoms. The van der Waals surface area contributed by atoms with Gasteiger partial charge in [0, 0.05) is 17.5 Å². The second kappa shape index (κ2) is 6.88. The van der Waals surface area contributed by atoms with Gasteiger partial charge in [-0.2, -0.15) is 4.37 Å². The summed E-state index contributed by atoms with van der Waals surface area (Å²) in [4.78, 5) is 37.5. The quantitative estimate of drug-likeness (QED) is 0.908. The molecule has 0 spiro atoms. The number of fused-ring (bicyclic) bond motifs is 1. The van der Waals surface area contributed by atoms with Crippen LogP contribution < -0.4 is 16.6 Å². The summed E-state index contributed by atoms with van der Waals surface area (Å²) >= 11 is 1.12. The van der Waals surface area contributed by atoms with Gasteiger partial charge in [-0.1, -0.05) is 19.3 Å². The van der Waals surface area contributed by atoms with Crippen LogP contribution in [-0.4, -0.2) is 25.5 Å². The van der Waals surface area contributed by atoms with E-state index in [1.165, 1.54) is 11.0 Å². The van der Waals surface area contributed by atoms with Crippen LogP contribution in [0, 0.1) is 0 Å². The molecule has 7 nitrogen and oxygen atoms in total. The molecule has 1 aliphatic carbocycles. The van der Waals surface area contributed by atoms with Crippen molar-refractivity contribution in [2.24, 2.45) is 0 Å². The summed E-state index contributed by atoms with van der Waals surface area (Å²) in [7, 11) is 0. The molecule has 2 heterocycles. The maximum Gasteiger partial charge on any atom is 0.332 e. The number of hydrogen-bond acceptors (Lipinski definition) is 5. The first-order valence-electron chi connectivity index (χ1n) is 8.38. The van der Waals surface area contributed by atoms with Crippen LogP contribution in [0.5, 0.6) is 0 Å². The number of amides is 1. The monoisotopic (exact) mass is 350 g/mol. The zero-order valence-corrected chi connectivity index (χ0v) is 14.8. The molecule has 3 rings (SSSR count). The molecule has 0 bridgehead atoms. The van der Waals surface area contributed by atoms with Crippen LogP contribution in [0.2, 0.25) is 0 Å². The van der Waals surface area contributed by atoms with Crippen LogP contribution in [0.4, 0.5) is 0 Å². The second-order valence-electron chi connectivity index (χ2n) is 6.59. The molecule has 2 aromatic heterocycles. The fourth-order valence-electron chi connectivity index (χ4n) is 3.28. The molecule has 0 aromatic carbocycles. The van der Waals surface area contributed by atoms with E-state index in [1.54, 1.807) is 19.2 Å². The highest BCUT2D eigenvalue weighted by atomic mass is 32.1. The first-order chi connectivity index (χ1) is 11.5. The molecule has 1 N–H and O–H groups in total. The lowest BCUT2D eigenvalue weighted by molar-refractivity contribution is -0.122. The summed E-state index contributed by atoms with van der Waals surface area (Å²) in [5.74, 6) is -0.189. The van der Waals surface area contributed by atoms with Crippen LogP contribution in [0.3, 0.4) is 0 Å². The van der Waals surface area contributed by atoms with E-state index >= 15 is 0 Å². The van der Waals surface area contributed by atoms with Gasteiger partial charge in [0.15, 0.2) is 5.52 Å². The zero-order chi connectivity index (χ0) is 17.3. The number of carbonyl (C=O) groups is 1. The lowest BCUT2D eigenvalue weighted by atomic mass is 9.95. The molecule has 1 amide bonds. The molecule has 8 heteroatoms. The molecule has 2 aromatic rings. The lowest BCUT2D eigenvalue weighted by Crippen LogP contribution is -2.45. The molecule has 0 atom stereocenters. The van der Waals surface area contributed by atoms with E-state index in [-0.39, 0.29) is 30.1 Å². The predicted molar refractivity (Wildman–Crippen MR) is 93.5 cm³/mol. The van der Waals surface area contributed by atoms with E-state index in [0.717, 1.165) is 41.8 Å². The van der Waals surface area contributed by atoms with Crippen molar-refractivity contribution in [3.05, 3.63) is 26.2 Å². The number of hydrogen-bond donors (Lipinski definition) is 1. The summed E-state index contributed by atoms with van der Waals surface area (Å²) < 4.78 is 6.63. The Labute approximate surface area is 143 Å². The summed E-state index contributed by atoms with van der Waals surface area (Å²) in [6.07, 6.45) is 5.44. The minimum atomic E-state index is -0.457. The normalized spacial score (nSPS) is 16.0. The van der Waals surface area contributed by atoms with Gasteiger partial charge in [-0.15, -0.1) is 0 Å². The van der Waals surface area contributed by atoms with Gasteiger partial charge in [0.1, 0.15) is 6.54 Å². The van der Waals surface area contributed by atoms with Crippen molar-refractivity contribution >= 4 is 28.5 Å². The maximum atomic E-state index is 12.7. The van der Waals surface area contributed by atoms with E-state index in [2.05, 4.69) is 9.69 Å². The van der Waals surface area contributed by atoms with Crippen molar-refractivity contribution in [2.75, 3.05) is 0 Å². The minimum Gasteiger partial charge on any atom is -0.352 e. The average molecular weight is 350 g/mol. The predicted octanol–water partition coefficient (Wildman–Crippen LogP) is 1.65. The highest BCUT2D eigenvalue weighted by Gasteiger charge is 2.20. The molecular formula is C16H22N4O3S. The number of rotatable bonds is 4. The molecule has 0 saturated heterocycles. The Morgan fingerprint density at radius 2 is 2.04 bits per heavy atom. The minimum absolute atomic E-state index is 0.0861. The van der Waals surface area contributed by atoms with E-state index in [4.69, 9.17) is 0 Å². The van der Waals surface area contributed by atoms with Gasteiger partial charge in [0.05, 0.1) is 5.52 Å². The SMILES string of the molecule is CC(C)n1c(=O)c2nscc2n(CC(=O)NC2CCCCC2)c1=O. The third kappa shape index (κ3) is 3.15. The average Bonchev–Trinajstić information content (AvgIpc) is 3.02. The zero-order valence-electron chi connectivity index (χ0n) is 13.9. The smallest absolute Gasteiger partial charge is 0.332 e. The third-order valence-electron chi connectivity index (χ3n) is 4.49. The van der Waals surface area contributed by atoms with Gasteiger partial charge in [0.25, 0.3) is 5.56 Å². The van der Waals surface area contributed by atoms with Crippen molar-refractivity contribution in [1.82, 2.24) is 18.8 Å². The second-order valence-corrected chi connectivity index (χ2v) is 7.22. The molecule has 1 fully saturated rings. The Balaban J connectivity index is 1.94. The fraction of sp³-hybridized carbons (Fsp3) is 0.625. The van der Waals surface area contributed by atoms with E-state index in [0.29, 0.717) is 5.52 Å². The molecule has 1 aliphatic rings. The largest absolute Gasteiger partial charge is 0.352 e. The van der Waals surface area contributed by atoms with Crippen LogP contribution in [0.1, 0.15) is 52.0 Å². The van der Waals surface area contributed by atoms with Crippen LogP contribution in [0.25, 0.3) is 11.0 Å². The summed E-state index contributed by atoms with van der Waals surface area (Å²) in [6.45, 7) is 3.46. The number of carbonyl (C=O) groups excluding carboxylic acids is 1. The fourth-order valence-corrected chi connectivity index (χ4v) is 3.95. The number of nitrogens with zero attached hydrogens (tertiary/aromatic N) is 3. The molecule has 0 unspecified atom stereocenters. The van der Waals surface area contributed by atoms with Gasteiger partial charge in [-0.25, -0.2) is 4.79 Å². The van der Waals surface area contributed by atoms with E-state index < -0.39 is 11.2 Å². The van der Waals surface area contributed by atoms with E-state index in [9.17, 15) is 14.4 Å². The van der Waals surface area contributed by atoms with Crippen molar-refractivity contribution in [3.8, 4) is 0 Å². The molecular weight excluding hydrogens is 328 g/mol. The topological polar surface area (TPSA) is 86.0 Å². The van der Waals surface area contributed by atoms with Gasteiger partial charge >= 0.3 is 5.69 Å². The maximum absolute atomic E-state index is 12.7. The van der Waals surface area contributed by atoms with Gasteiger partial charge in [-0.05, 0) is 38.2 Å². The highest BCUT2D eigenvalue weighted by molar-refractivity contribution is 7.04. The van der Waals surface area contributed by atoms with Gasteiger partial charge < -0.3 is 5.32 Å². The van der Waals surface area contributed by atoms with Crippen LogP contribution >= 0.6 is 11.5 Å². The van der Waals surface area contributed by atoms with Crippen molar-refractivity contribution in [2.45, 2.75) is 64.6 Å². The van der Waals surface area contributed by atoms with Crippen molar-refractivity contribution in [1.29, 1.82) is 0 Å². The molecule has 130 valence electrons. The molecule has 0 aliphatic heterocycles. The van der Waals surface area contributed by atoms with Crippen molar-refractivity contribution in [3.63, 3.8) is 0 Å².